The monoisotopic (exact) mass is 617 g/mol. The molecule has 0 aliphatic carbocycles. The van der Waals surface area contributed by atoms with Gasteiger partial charge >= 0.3 is 19.5 Å². The van der Waals surface area contributed by atoms with Gasteiger partial charge in [-0.25, -0.2) is 4.57 Å². The standard InChI is InChI=1S/C34H68NO6P/c1-3-5-7-9-11-13-15-17-19-21-23-25-27-29-32(36)40-42(39,34(38)31-35)41-33(37)30-28-26-24-22-20-18-16-14-12-10-8-6-4-2/h34,38H,3-31,35H2,1-2H3. The molecule has 8 heteroatoms. The van der Waals surface area contributed by atoms with E-state index in [4.69, 9.17) is 14.8 Å². The molecule has 1 atom stereocenters. The van der Waals surface area contributed by atoms with Gasteiger partial charge < -0.3 is 19.9 Å². The van der Waals surface area contributed by atoms with Gasteiger partial charge in [-0.15, -0.1) is 0 Å². The van der Waals surface area contributed by atoms with Crippen LogP contribution in [-0.2, 0) is 23.2 Å². The lowest BCUT2D eigenvalue weighted by molar-refractivity contribution is -0.139. The Morgan fingerprint density at radius 1 is 0.524 bits per heavy atom. The molecule has 0 spiro atoms. The van der Waals surface area contributed by atoms with Gasteiger partial charge in [0.25, 0.3) is 0 Å². The van der Waals surface area contributed by atoms with Crippen LogP contribution in [0.3, 0.4) is 0 Å². The highest BCUT2D eigenvalue weighted by atomic mass is 31.2. The minimum Gasteiger partial charge on any atom is -0.381 e. The molecular weight excluding hydrogens is 549 g/mol. The highest BCUT2D eigenvalue weighted by Gasteiger charge is 2.40. The third kappa shape index (κ3) is 25.6. The average molecular weight is 618 g/mol. The number of carbonyl (C=O) groups excluding carboxylic acids is 2. The Hall–Kier alpha value is -0.910. The fourth-order valence-corrected chi connectivity index (χ4v) is 6.51. The fraction of sp³-hybridized carbons (Fsp3) is 0.941. The lowest BCUT2D eigenvalue weighted by atomic mass is 10.0. The second-order valence-corrected chi connectivity index (χ2v) is 14.2. The zero-order valence-electron chi connectivity index (χ0n) is 27.6. The van der Waals surface area contributed by atoms with Crippen molar-refractivity contribution in [3.05, 3.63) is 0 Å². The summed E-state index contributed by atoms with van der Waals surface area (Å²) in [5.74, 6) is -3.14. The van der Waals surface area contributed by atoms with Gasteiger partial charge in [0.05, 0.1) is 0 Å². The Morgan fingerprint density at radius 2 is 0.762 bits per heavy atom. The highest BCUT2D eigenvalue weighted by molar-refractivity contribution is 7.55. The first kappa shape index (κ1) is 41.1. The van der Waals surface area contributed by atoms with Crippen LogP contribution in [0.15, 0.2) is 0 Å². The molecule has 250 valence electrons. The summed E-state index contributed by atoms with van der Waals surface area (Å²) in [5.41, 5.74) is 5.46. The van der Waals surface area contributed by atoms with Gasteiger partial charge in [0, 0.05) is 19.4 Å². The zero-order chi connectivity index (χ0) is 31.2. The Kier molecular flexibility index (Phi) is 29.5. The van der Waals surface area contributed by atoms with Gasteiger partial charge in [0.2, 0.25) is 0 Å². The molecule has 0 radical (unpaired) electrons. The molecule has 7 nitrogen and oxygen atoms in total. The van der Waals surface area contributed by atoms with Crippen molar-refractivity contribution in [2.45, 2.75) is 199 Å². The molecule has 42 heavy (non-hydrogen) atoms. The molecule has 0 rings (SSSR count). The first-order valence-electron chi connectivity index (χ1n) is 17.8. The minimum atomic E-state index is -4.36. The summed E-state index contributed by atoms with van der Waals surface area (Å²) >= 11 is 0. The second-order valence-electron chi connectivity index (χ2n) is 12.2. The van der Waals surface area contributed by atoms with Crippen LogP contribution < -0.4 is 5.73 Å². The van der Waals surface area contributed by atoms with Crippen molar-refractivity contribution >= 4 is 19.5 Å². The smallest absolute Gasteiger partial charge is 0.381 e. The van der Waals surface area contributed by atoms with Crippen LogP contribution in [0.5, 0.6) is 0 Å². The molecule has 0 aliphatic heterocycles. The first-order chi connectivity index (χ1) is 20.4. The van der Waals surface area contributed by atoms with E-state index in [0.29, 0.717) is 12.8 Å². The predicted octanol–water partition coefficient (Wildman–Crippen LogP) is 10.5. The Bertz CT molecular complexity index is 626. The molecule has 3 N–H and O–H groups in total. The fourth-order valence-electron chi connectivity index (χ4n) is 5.22. The third-order valence-electron chi connectivity index (χ3n) is 8.00. The van der Waals surface area contributed by atoms with E-state index in [9.17, 15) is 19.3 Å². The van der Waals surface area contributed by atoms with Gasteiger partial charge in [-0.05, 0) is 12.8 Å². The average Bonchev–Trinajstić information content (AvgIpc) is 2.97. The molecule has 0 aromatic carbocycles. The molecule has 0 aliphatic rings. The van der Waals surface area contributed by atoms with E-state index in [-0.39, 0.29) is 12.8 Å². The highest BCUT2D eigenvalue weighted by Crippen LogP contribution is 2.52. The van der Waals surface area contributed by atoms with Crippen LogP contribution in [0.25, 0.3) is 0 Å². The van der Waals surface area contributed by atoms with Crippen LogP contribution in [0.2, 0.25) is 0 Å². The normalized spacial score (nSPS) is 12.4. The minimum absolute atomic E-state index is 0.0788. The molecule has 0 saturated carbocycles. The zero-order valence-corrected chi connectivity index (χ0v) is 28.5. The van der Waals surface area contributed by atoms with E-state index >= 15 is 0 Å². The van der Waals surface area contributed by atoms with E-state index in [1.807, 2.05) is 0 Å². The molecular formula is C34H68NO6P. The second kappa shape index (κ2) is 30.1. The van der Waals surface area contributed by atoms with Gasteiger partial charge in [0.15, 0.2) is 5.85 Å². The van der Waals surface area contributed by atoms with Crippen LogP contribution in [0, 0.1) is 0 Å². The summed E-state index contributed by atoms with van der Waals surface area (Å²) in [7, 11) is -4.36. The van der Waals surface area contributed by atoms with Gasteiger partial charge in [-0.3, -0.25) is 9.59 Å². The summed E-state index contributed by atoms with van der Waals surface area (Å²) in [5, 5.41) is 10.1. The van der Waals surface area contributed by atoms with E-state index < -0.39 is 31.9 Å². The van der Waals surface area contributed by atoms with Crippen molar-refractivity contribution in [2.75, 3.05) is 6.54 Å². The SMILES string of the molecule is CCCCCCCCCCCCCCCC(=O)OP(=O)(OC(=O)CCCCCCCCCCCCCCC)C(O)CN. The number of unbranched alkanes of at least 4 members (excludes halogenated alkanes) is 24. The topological polar surface area (TPSA) is 116 Å². The summed E-state index contributed by atoms with van der Waals surface area (Å²) in [6.07, 6.45) is 31.2. The van der Waals surface area contributed by atoms with Crippen molar-refractivity contribution in [1.82, 2.24) is 0 Å². The molecule has 0 heterocycles. The molecule has 0 aromatic heterocycles. The number of hydrogen-bond acceptors (Lipinski definition) is 7. The lowest BCUT2D eigenvalue weighted by Gasteiger charge is -2.21. The van der Waals surface area contributed by atoms with Crippen molar-refractivity contribution in [1.29, 1.82) is 0 Å². The Labute approximate surface area is 259 Å². The Morgan fingerprint density at radius 3 is 1.00 bits per heavy atom. The summed E-state index contributed by atoms with van der Waals surface area (Å²) < 4.78 is 23.1. The number of hydrogen-bond donors (Lipinski definition) is 2. The molecule has 0 aromatic rings. The van der Waals surface area contributed by atoms with E-state index in [1.165, 1.54) is 116 Å². The van der Waals surface area contributed by atoms with Crippen molar-refractivity contribution < 1.29 is 28.3 Å². The van der Waals surface area contributed by atoms with Crippen LogP contribution in [-0.4, -0.2) is 29.4 Å². The van der Waals surface area contributed by atoms with Crippen LogP contribution in [0.4, 0.5) is 0 Å². The largest absolute Gasteiger partial charge is 0.464 e. The molecule has 0 amide bonds. The number of aliphatic hydroxyl groups excluding tert-OH is 1. The van der Waals surface area contributed by atoms with Gasteiger partial charge in [-0.1, -0.05) is 168 Å². The maximum absolute atomic E-state index is 13.0. The lowest BCUT2D eigenvalue weighted by Crippen LogP contribution is -2.25. The van der Waals surface area contributed by atoms with Crippen molar-refractivity contribution in [2.24, 2.45) is 5.73 Å². The molecule has 0 fully saturated rings. The molecule has 1 unspecified atom stereocenters. The van der Waals surface area contributed by atoms with Crippen molar-refractivity contribution in [3.63, 3.8) is 0 Å². The maximum Gasteiger partial charge on any atom is 0.464 e. The van der Waals surface area contributed by atoms with E-state index in [2.05, 4.69) is 13.8 Å². The van der Waals surface area contributed by atoms with Crippen molar-refractivity contribution in [3.8, 4) is 0 Å². The summed E-state index contributed by atoms with van der Waals surface area (Å²) in [6.45, 7) is 4.06. The molecule has 0 bridgehead atoms. The summed E-state index contributed by atoms with van der Waals surface area (Å²) in [6, 6.07) is 0. The quantitative estimate of drug-likeness (QED) is 0.0570. The van der Waals surface area contributed by atoms with E-state index in [0.717, 1.165) is 38.5 Å². The number of nitrogens with two attached hydrogens (primary N) is 1. The van der Waals surface area contributed by atoms with Gasteiger partial charge in [0.1, 0.15) is 0 Å². The van der Waals surface area contributed by atoms with Crippen LogP contribution >= 0.6 is 7.60 Å². The maximum atomic E-state index is 13.0. The number of carbonyl (C=O) groups is 2. The Balaban J connectivity index is 3.95. The number of rotatable bonds is 32. The van der Waals surface area contributed by atoms with Crippen LogP contribution in [0.1, 0.15) is 194 Å². The first-order valence-corrected chi connectivity index (χ1v) is 19.4. The third-order valence-corrected chi connectivity index (χ3v) is 9.86. The van der Waals surface area contributed by atoms with E-state index in [1.54, 1.807) is 0 Å². The number of aliphatic hydroxyl groups is 1. The summed E-state index contributed by atoms with van der Waals surface area (Å²) in [4.78, 5) is 24.6. The molecule has 0 saturated heterocycles. The predicted molar refractivity (Wildman–Crippen MR) is 175 cm³/mol. The van der Waals surface area contributed by atoms with Gasteiger partial charge in [-0.2, -0.15) is 0 Å².